The molecule has 1 aromatic carbocycles. The third-order valence-corrected chi connectivity index (χ3v) is 2.41. The molecule has 0 saturated carbocycles. The van der Waals surface area contributed by atoms with Crippen molar-refractivity contribution < 1.29 is 4.74 Å². The van der Waals surface area contributed by atoms with Gasteiger partial charge in [0.15, 0.2) is 5.65 Å². The van der Waals surface area contributed by atoms with E-state index in [0.29, 0.717) is 11.5 Å². The Morgan fingerprint density at radius 1 is 1.06 bits per heavy atom. The van der Waals surface area contributed by atoms with E-state index in [1.165, 1.54) is 6.33 Å². The van der Waals surface area contributed by atoms with Crippen molar-refractivity contribution in [3.8, 4) is 5.88 Å². The quantitative estimate of drug-likeness (QED) is 0.573. The van der Waals surface area contributed by atoms with Crippen molar-refractivity contribution in [2.75, 3.05) is 7.11 Å². The second-order valence-corrected chi connectivity index (χ2v) is 3.30. The third-order valence-electron chi connectivity index (χ3n) is 2.41. The molecule has 0 radical (unpaired) electrons. The summed E-state index contributed by atoms with van der Waals surface area (Å²) in [6.07, 6.45) is 1.42. The molecular weight excluding hydrogens is 204 g/mol. The van der Waals surface area contributed by atoms with Gasteiger partial charge in [0, 0.05) is 5.39 Å². The smallest absolute Gasteiger partial charge is 0.226 e. The summed E-state index contributed by atoms with van der Waals surface area (Å²) in [6.45, 7) is 0. The van der Waals surface area contributed by atoms with Gasteiger partial charge in [-0.25, -0.2) is 9.97 Å². The first-order chi connectivity index (χ1) is 7.90. The van der Waals surface area contributed by atoms with Gasteiger partial charge in [0.1, 0.15) is 6.33 Å². The highest BCUT2D eigenvalue weighted by atomic mass is 16.5. The van der Waals surface area contributed by atoms with Crippen LogP contribution in [-0.4, -0.2) is 27.3 Å². The van der Waals surface area contributed by atoms with Gasteiger partial charge in [-0.2, -0.15) is 0 Å². The summed E-state index contributed by atoms with van der Waals surface area (Å²) in [5.41, 5.74) is 1.36. The Hall–Kier alpha value is -2.30. The molecule has 0 bridgehead atoms. The molecule has 5 heteroatoms. The lowest BCUT2D eigenvalue weighted by Crippen LogP contribution is -1.95. The van der Waals surface area contributed by atoms with Crippen LogP contribution in [0.5, 0.6) is 5.88 Å². The molecule has 3 aromatic rings. The van der Waals surface area contributed by atoms with E-state index in [9.17, 15) is 0 Å². The van der Waals surface area contributed by atoms with Gasteiger partial charge >= 0.3 is 0 Å². The van der Waals surface area contributed by atoms with Crippen LogP contribution in [0.2, 0.25) is 0 Å². The molecule has 0 spiro atoms. The van der Waals surface area contributed by atoms with Crippen LogP contribution in [0.4, 0.5) is 0 Å². The maximum Gasteiger partial charge on any atom is 0.226 e. The van der Waals surface area contributed by atoms with Gasteiger partial charge in [-0.1, -0.05) is 18.2 Å². The lowest BCUT2D eigenvalue weighted by Gasteiger charge is -2.04. The Labute approximate surface area is 91.1 Å². The van der Waals surface area contributed by atoms with Gasteiger partial charge in [-0.3, -0.25) is 0 Å². The van der Waals surface area contributed by atoms with Crippen LogP contribution in [0.3, 0.4) is 0 Å². The largest absolute Gasteiger partial charge is 0.480 e. The molecular formula is C11H8N4O. The zero-order valence-corrected chi connectivity index (χ0v) is 8.58. The highest BCUT2D eigenvalue weighted by Crippen LogP contribution is 2.26. The Morgan fingerprint density at radius 3 is 2.81 bits per heavy atom. The summed E-state index contributed by atoms with van der Waals surface area (Å²) in [5, 5.41) is 9.88. The van der Waals surface area contributed by atoms with Crippen molar-refractivity contribution in [3.63, 3.8) is 0 Å². The molecule has 0 aliphatic carbocycles. The minimum atomic E-state index is 0.524. The number of aromatic nitrogens is 4. The molecule has 0 saturated heterocycles. The fourth-order valence-electron chi connectivity index (χ4n) is 1.70. The van der Waals surface area contributed by atoms with Gasteiger partial charge < -0.3 is 4.74 Å². The lowest BCUT2D eigenvalue weighted by molar-refractivity contribution is 0.403. The van der Waals surface area contributed by atoms with Gasteiger partial charge in [0.25, 0.3) is 0 Å². The number of ether oxygens (including phenoxy) is 1. The molecule has 3 rings (SSSR count). The highest BCUT2D eigenvalue weighted by molar-refractivity contribution is 6.04. The zero-order chi connectivity index (χ0) is 11.0. The maximum atomic E-state index is 5.22. The topological polar surface area (TPSA) is 60.8 Å². The standard InChI is InChI=1S/C11H8N4O/c1-16-11-9-7-4-2-3-5-8(7)14-15-10(9)12-6-13-11/h2-6H,1H3. The fraction of sp³-hybridized carbons (Fsp3) is 0.0909. The van der Waals surface area contributed by atoms with Crippen LogP contribution in [0.1, 0.15) is 0 Å². The van der Waals surface area contributed by atoms with Crippen molar-refractivity contribution in [1.29, 1.82) is 0 Å². The number of nitrogens with zero attached hydrogens (tertiary/aromatic N) is 4. The van der Waals surface area contributed by atoms with E-state index in [0.717, 1.165) is 16.3 Å². The first-order valence-corrected chi connectivity index (χ1v) is 4.80. The number of methoxy groups -OCH3 is 1. The Kier molecular flexibility index (Phi) is 1.89. The minimum Gasteiger partial charge on any atom is -0.480 e. The second-order valence-electron chi connectivity index (χ2n) is 3.30. The number of hydrogen-bond acceptors (Lipinski definition) is 5. The number of rotatable bonds is 1. The van der Waals surface area contributed by atoms with Crippen LogP contribution in [0.25, 0.3) is 21.9 Å². The summed E-state index contributed by atoms with van der Waals surface area (Å²) >= 11 is 0. The summed E-state index contributed by atoms with van der Waals surface area (Å²) in [7, 11) is 1.58. The van der Waals surface area contributed by atoms with Gasteiger partial charge in [-0.05, 0) is 6.07 Å². The SMILES string of the molecule is COc1ncnc2nnc3ccccc3c12. The van der Waals surface area contributed by atoms with Gasteiger partial charge in [0.2, 0.25) is 5.88 Å². The van der Waals surface area contributed by atoms with E-state index in [-0.39, 0.29) is 0 Å². The monoisotopic (exact) mass is 212 g/mol. The van der Waals surface area contributed by atoms with Crippen LogP contribution >= 0.6 is 0 Å². The molecule has 0 N–H and O–H groups in total. The van der Waals surface area contributed by atoms with Crippen molar-refractivity contribution in [1.82, 2.24) is 20.2 Å². The summed E-state index contributed by atoms with van der Waals surface area (Å²) < 4.78 is 5.22. The van der Waals surface area contributed by atoms with Crippen molar-refractivity contribution in [2.45, 2.75) is 0 Å². The predicted molar refractivity (Wildman–Crippen MR) is 59.2 cm³/mol. The average Bonchev–Trinajstić information content (AvgIpc) is 2.37. The van der Waals surface area contributed by atoms with E-state index < -0.39 is 0 Å². The van der Waals surface area contributed by atoms with E-state index >= 15 is 0 Å². The first kappa shape index (κ1) is 8.96. The summed E-state index contributed by atoms with van der Waals surface area (Å²) in [4.78, 5) is 8.15. The molecule has 0 aliphatic rings. The third kappa shape index (κ3) is 1.18. The molecule has 2 heterocycles. The van der Waals surface area contributed by atoms with Crippen molar-refractivity contribution in [2.24, 2.45) is 0 Å². The minimum absolute atomic E-state index is 0.524. The molecule has 5 nitrogen and oxygen atoms in total. The van der Waals surface area contributed by atoms with Crippen molar-refractivity contribution in [3.05, 3.63) is 30.6 Å². The molecule has 0 aliphatic heterocycles. The van der Waals surface area contributed by atoms with Gasteiger partial charge in [0.05, 0.1) is 18.0 Å². The Balaban J connectivity index is 2.57. The van der Waals surface area contributed by atoms with E-state index in [1.807, 2.05) is 24.3 Å². The van der Waals surface area contributed by atoms with Crippen LogP contribution < -0.4 is 4.74 Å². The Morgan fingerprint density at radius 2 is 1.94 bits per heavy atom. The zero-order valence-electron chi connectivity index (χ0n) is 8.58. The molecule has 0 fully saturated rings. The highest BCUT2D eigenvalue weighted by Gasteiger charge is 2.09. The maximum absolute atomic E-state index is 5.22. The van der Waals surface area contributed by atoms with Crippen LogP contribution in [-0.2, 0) is 0 Å². The van der Waals surface area contributed by atoms with E-state index in [1.54, 1.807) is 7.11 Å². The first-order valence-electron chi connectivity index (χ1n) is 4.80. The van der Waals surface area contributed by atoms with Gasteiger partial charge in [-0.15, -0.1) is 10.2 Å². The predicted octanol–water partition coefficient (Wildman–Crippen LogP) is 1.58. The molecule has 78 valence electrons. The van der Waals surface area contributed by atoms with Crippen LogP contribution in [0, 0.1) is 0 Å². The second kappa shape index (κ2) is 3.37. The van der Waals surface area contributed by atoms with Crippen molar-refractivity contribution >= 4 is 21.9 Å². The number of hydrogen-bond donors (Lipinski definition) is 0. The molecule has 0 amide bonds. The molecule has 0 atom stereocenters. The molecule has 2 aromatic heterocycles. The molecule has 16 heavy (non-hydrogen) atoms. The number of fused-ring (bicyclic) bond motifs is 3. The Bertz CT molecular complexity index is 668. The van der Waals surface area contributed by atoms with Crippen LogP contribution in [0.15, 0.2) is 30.6 Å². The fourth-order valence-corrected chi connectivity index (χ4v) is 1.70. The van der Waals surface area contributed by atoms with E-state index in [4.69, 9.17) is 4.74 Å². The normalized spacial score (nSPS) is 10.8. The molecule has 0 unspecified atom stereocenters. The summed E-state index contributed by atoms with van der Waals surface area (Å²) in [6, 6.07) is 7.71. The lowest BCUT2D eigenvalue weighted by atomic mass is 10.2. The summed E-state index contributed by atoms with van der Waals surface area (Å²) in [5.74, 6) is 0.524. The average molecular weight is 212 g/mol. The van der Waals surface area contributed by atoms with E-state index in [2.05, 4.69) is 20.2 Å². The number of benzene rings is 1.